The highest BCUT2D eigenvalue weighted by Gasteiger charge is 2.42. The number of benzene rings is 2. The number of carboxylic acids is 1. The van der Waals surface area contributed by atoms with E-state index in [9.17, 15) is 14.4 Å². The number of allylic oxidation sites excluding steroid dienone is 4. The lowest BCUT2D eigenvalue weighted by molar-refractivity contribution is -0.117. The van der Waals surface area contributed by atoms with Crippen LogP contribution in [0.25, 0.3) is 0 Å². The van der Waals surface area contributed by atoms with Crippen molar-refractivity contribution in [3.05, 3.63) is 80.1 Å². The number of carbonyl (C=O) groups is 3. The van der Waals surface area contributed by atoms with Crippen LogP contribution in [-0.2, 0) is 16.2 Å². The topological polar surface area (TPSA) is 93.1 Å². The van der Waals surface area contributed by atoms with Crippen LogP contribution >= 0.6 is 15.9 Å². The number of carboxylic acid groups (broad SMARTS) is 1. The Kier molecular flexibility index (Phi) is 7.43. The minimum absolute atomic E-state index is 0.104. The van der Waals surface area contributed by atoms with Crippen molar-refractivity contribution in [3.8, 4) is 11.5 Å². The molecular weight excluding hydrogens is 550 g/mol. The van der Waals surface area contributed by atoms with Crippen LogP contribution in [0.5, 0.6) is 11.5 Å². The van der Waals surface area contributed by atoms with Crippen LogP contribution in [-0.4, -0.2) is 41.2 Å². The monoisotopic (exact) mass is 579 g/mol. The number of hydrogen-bond donors (Lipinski definition) is 1. The zero-order valence-electron chi connectivity index (χ0n) is 21.5. The smallest absolute Gasteiger partial charge is 0.335 e. The van der Waals surface area contributed by atoms with Crippen molar-refractivity contribution in [2.24, 2.45) is 0 Å². The lowest BCUT2D eigenvalue weighted by Gasteiger charge is -2.42. The number of ketones is 2. The van der Waals surface area contributed by atoms with Crippen LogP contribution in [0.1, 0.15) is 72.9 Å². The summed E-state index contributed by atoms with van der Waals surface area (Å²) >= 11 is 3.66. The Morgan fingerprint density at radius 3 is 2.13 bits per heavy atom. The summed E-state index contributed by atoms with van der Waals surface area (Å²) in [4.78, 5) is 39.9. The second kappa shape index (κ2) is 10.8. The van der Waals surface area contributed by atoms with E-state index >= 15 is 0 Å². The highest BCUT2D eigenvalue weighted by Crippen LogP contribution is 2.50. The summed E-state index contributed by atoms with van der Waals surface area (Å²) in [5, 5.41) is 9.14. The van der Waals surface area contributed by atoms with Crippen molar-refractivity contribution in [1.82, 2.24) is 4.90 Å². The van der Waals surface area contributed by atoms with E-state index in [4.69, 9.17) is 14.6 Å². The molecule has 0 radical (unpaired) electrons. The van der Waals surface area contributed by atoms with Gasteiger partial charge in [-0.15, -0.1) is 0 Å². The predicted molar refractivity (Wildman–Crippen MR) is 145 cm³/mol. The molecule has 0 saturated carbocycles. The van der Waals surface area contributed by atoms with Gasteiger partial charge < -0.3 is 19.5 Å². The summed E-state index contributed by atoms with van der Waals surface area (Å²) in [5.41, 5.74) is 5.37. The van der Waals surface area contributed by atoms with Crippen LogP contribution in [0.3, 0.4) is 0 Å². The molecule has 2 aromatic carbocycles. The third kappa shape index (κ3) is 4.77. The number of halogens is 1. The van der Waals surface area contributed by atoms with Crippen molar-refractivity contribution >= 4 is 33.5 Å². The minimum Gasteiger partial charge on any atom is -0.490 e. The van der Waals surface area contributed by atoms with Crippen LogP contribution in [0.4, 0.5) is 0 Å². The summed E-state index contributed by atoms with van der Waals surface area (Å²) < 4.78 is 12.8. The first-order valence-corrected chi connectivity index (χ1v) is 13.8. The molecule has 0 bridgehead atoms. The Hall–Kier alpha value is -3.39. The number of rotatable bonds is 7. The van der Waals surface area contributed by atoms with E-state index in [-0.39, 0.29) is 23.7 Å². The van der Waals surface area contributed by atoms with E-state index in [1.54, 1.807) is 24.3 Å². The van der Waals surface area contributed by atoms with Crippen molar-refractivity contribution in [3.63, 3.8) is 0 Å². The predicted octanol–water partition coefficient (Wildman–Crippen LogP) is 6.17. The molecule has 0 spiro atoms. The highest BCUT2D eigenvalue weighted by molar-refractivity contribution is 9.10. The number of aromatic carboxylic acids is 1. The molecule has 2 aliphatic carbocycles. The molecule has 0 saturated heterocycles. The quantitative estimate of drug-likeness (QED) is 0.419. The molecule has 0 atom stereocenters. The van der Waals surface area contributed by atoms with Gasteiger partial charge >= 0.3 is 5.97 Å². The molecule has 1 N–H and O–H groups in total. The zero-order chi connectivity index (χ0) is 27.0. The first-order chi connectivity index (χ1) is 18.3. The molecule has 0 aromatic heterocycles. The van der Waals surface area contributed by atoms with Crippen molar-refractivity contribution in [1.29, 1.82) is 0 Å². The van der Waals surface area contributed by atoms with Gasteiger partial charge in [0.25, 0.3) is 0 Å². The van der Waals surface area contributed by atoms with E-state index in [0.29, 0.717) is 35.4 Å². The minimum atomic E-state index is -0.979. The number of carbonyl (C=O) groups excluding carboxylic acids is 2. The molecule has 198 valence electrons. The number of hydrogen-bond acceptors (Lipinski definition) is 6. The maximum atomic E-state index is 13.3. The van der Waals surface area contributed by atoms with Gasteiger partial charge in [-0.25, -0.2) is 4.79 Å². The fraction of sp³-hybridized carbons (Fsp3) is 0.367. The third-order valence-electron chi connectivity index (χ3n) is 7.49. The van der Waals surface area contributed by atoms with E-state index in [1.807, 2.05) is 26.1 Å². The maximum Gasteiger partial charge on any atom is 0.335 e. The Morgan fingerprint density at radius 1 is 0.974 bits per heavy atom. The van der Waals surface area contributed by atoms with Gasteiger partial charge in [0.1, 0.15) is 6.61 Å². The van der Waals surface area contributed by atoms with Crippen LogP contribution in [0.15, 0.2) is 63.4 Å². The SMILES string of the molecule is CCOc1cc(C2C3=C(CCCC3=O)N(C)C3=C2C(=O)CCC3)cc(Br)c1OCc1ccc(C(=O)O)cc1. The average molecular weight is 580 g/mol. The second-order valence-corrected chi connectivity index (χ2v) is 10.7. The van der Waals surface area contributed by atoms with Gasteiger partial charge in [-0.1, -0.05) is 12.1 Å². The first kappa shape index (κ1) is 26.2. The normalized spacial score (nSPS) is 17.9. The Labute approximate surface area is 230 Å². The fourth-order valence-electron chi connectivity index (χ4n) is 5.74. The Balaban J connectivity index is 1.55. The van der Waals surface area contributed by atoms with Crippen molar-refractivity contribution in [2.45, 2.75) is 58.0 Å². The fourth-order valence-corrected chi connectivity index (χ4v) is 6.32. The molecular formula is C30H30BrNO6. The first-order valence-electron chi connectivity index (χ1n) is 13.0. The lowest BCUT2D eigenvalue weighted by atomic mass is 9.71. The average Bonchev–Trinajstić information content (AvgIpc) is 2.90. The van der Waals surface area contributed by atoms with Gasteiger partial charge in [-0.2, -0.15) is 0 Å². The van der Waals surface area contributed by atoms with E-state index in [1.165, 1.54) is 0 Å². The molecule has 2 aromatic rings. The number of nitrogens with zero attached hydrogens (tertiary/aromatic N) is 1. The van der Waals surface area contributed by atoms with Crippen LogP contribution in [0.2, 0.25) is 0 Å². The molecule has 38 heavy (non-hydrogen) atoms. The molecule has 3 aliphatic rings. The zero-order valence-corrected chi connectivity index (χ0v) is 23.1. The van der Waals surface area contributed by atoms with Gasteiger partial charge in [-0.3, -0.25) is 9.59 Å². The molecule has 1 heterocycles. The number of Topliss-reactive ketones (excluding diaryl/α,β-unsaturated/α-hetero) is 2. The Morgan fingerprint density at radius 2 is 1.58 bits per heavy atom. The largest absolute Gasteiger partial charge is 0.490 e. The summed E-state index contributed by atoms with van der Waals surface area (Å²) in [6, 6.07) is 10.3. The van der Waals surface area contributed by atoms with Gasteiger partial charge in [0.15, 0.2) is 23.1 Å². The molecule has 0 amide bonds. The molecule has 0 unspecified atom stereocenters. The van der Waals surface area contributed by atoms with Gasteiger partial charge in [0.2, 0.25) is 0 Å². The van der Waals surface area contributed by atoms with Gasteiger partial charge in [-0.05, 0) is 83.9 Å². The summed E-state index contributed by atoms with van der Waals surface area (Å²) in [6.07, 6.45) is 4.25. The standard InChI is InChI=1S/C30H30BrNO6/c1-3-37-25-15-19(14-20(31)29(25)38-16-17-10-12-18(13-11-17)30(35)36)26-27-21(6-4-8-23(27)33)32(2)22-7-5-9-24(34)28(22)26/h10-15,26H,3-9,16H2,1-2H3,(H,35,36). The van der Waals surface area contributed by atoms with Crippen LogP contribution < -0.4 is 9.47 Å². The maximum absolute atomic E-state index is 13.3. The van der Waals surface area contributed by atoms with Crippen LogP contribution in [0, 0.1) is 0 Å². The molecule has 0 fully saturated rings. The second-order valence-electron chi connectivity index (χ2n) is 9.82. The van der Waals surface area contributed by atoms with E-state index < -0.39 is 11.9 Å². The van der Waals surface area contributed by atoms with Gasteiger partial charge in [0, 0.05) is 48.3 Å². The lowest BCUT2D eigenvalue weighted by Crippen LogP contribution is -2.37. The highest BCUT2D eigenvalue weighted by atomic mass is 79.9. The van der Waals surface area contributed by atoms with Gasteiger partial charge in [0.05, 0.1) is 16.6 Å². The van der Waals surface area contributed by atoms with Crippen molar-refractivity contribution in [2.75, 3.05) is 13.7 Å². The van der Waals surface area contributed by atoms with E-state index in [2.05, 4.69) is 20.8 Å². The third-order valence-corrected chi connectivity index (χ3v) is 8.08. The molecule has 8 heteroatoms. The number of ether oxygens (including phenoxy) is 2. The Bertz CT molecular complexity index is 1330. The summed E-state index contributed by atoms with van der Waals surface area (Å²) in [7, 11) is 1.99. The summed E-state index contributed by atoms with van der Waals surface area (Å²) in [6.45, 7) is 2.52. The van der Waals surface area contributed by atoms with Crippen molar-refractivity contribution < 1.29 is 29.0 Å². The summed E-state index contributed by atoms with van der Waals surface area (Å²) in [5.74, 6) is -0.162. The molecule has 1 aliphatic heterocycles. The molecule has 7 nitrogen and oxygen atoms in total. The van der Waals surface area contributed by atoms with E-state index in [0.717, 1.165) is 59.4 Å². The molecule has 5 rings (SSSR count).